The number of para-hydroxylation sites is 1. The summed E-state index contributed by atoms with van der Waals surface area (Å²) >= 11 is 3.22. The number of carbonyl (C=O) groups excluding carboxylic acids is 1. The van der Waals surface area contributed by atoms with Crippen molar-refractivity contribution in [2.45, 2.75) is 19.9 Å². The molecule has 130 valence electrons. The fraction of sp³-hybridized carbons (Fsp3) is 0.222. The van der Waals surface area contributed by atoms with Gasteiger partial charge in [-0.25, -0.2) is 0 Å². The van der Waals surface area contributed by atoms with Gasteiger partial charge in [-0.3, -0.25) is 9.59 Å². The van der Waals surface area contributed by atoms with E-state index in [9.17, 15) is 9.59 Å². The Morgan fingerprint density at radius 3 is 2.64 bits per heavy atom. The Kier molecular flexibility index (Phi) is 4.94. The van der Waals surface area contributed by atoms with Crippen LogP contribution >= 0.6 is 15.9 Å². The third-order valence-corrected chi connectivity index (χ3v) is 3.78. The van der Waals surface area contributed by atoms with E-state index in [0.717, 1.165) is 0 Å². The van der Waals surface area contributed by atoms with Crippen molar-refractivity contribution in [3.63, 3.8) is 0 Å². The highest BCUT2D eigenvalue weighted by molar-refractivity contribution is 9.10. The van der Waals surface area contributed by atoms with Gasteiger partial charge in [-0.05, 0) is 54.0 Å². The molecule has 0 saturated heterocycles. The second-order valence-corrected chi connectivity index (χ2v) is 6.48. The fourth-order valence-corrected chi connectivity index (χ4v) is 2.66. The highest BCUT2D eigenvalue weighted by atomic mass is 79.9. The molecule has 1 aromatic carbocycles. The first kappa shape index (κ1) is 17.3. The summed E-state index contributed by atoms with van der Waals surface area (Å²) in [5.41, 5.74) is 0.0516. The van der Waals surface area contributed by atoms with Crippen LogP contribution in [0, 0.1) is 0 Å². The maximum Gasteiger partial charge on any atom is 0.258 e. The van der Waals surface area contributed by atoms with Crippen LogP contribution < -0.4 is 15.5 Å². The zero-order chi connectivity index (χ0) is 18.0. The number of rotatable bonds is 5. The SMILES string of the molecule is CC(C)NC(=O)COc1c(-c2ccc(Br)o2)oc2ccccc2c1=O. The van der Waals surface area contributed by atoms with Crippen LogP contribution in [0.15, 0.2) is 54.7 Å². The topological polar surface area (TPSA) is 81.7 Å². The number of hydrogen-bond donors (Lipinski definition) is 1. The lowest BCUT2D eigenvalue weighted by molar-refractivity contribution is -0.123. The first-order valence-corrected chi connectivity index (χ1v) is 8.48. The molecule has 3 aromatic rings. The molecule has 0 unspecified atom stereocenters. The van der Waals surface area contributed by atoms with Gasteiger partial charge in [0.05, 0.1) is 5.39 Å². The standard InChI is InChI=1S/C18H16BrNO5/c1-10(2)20-15(21)9-23-18-16(22)11-5-3-4-6-12(11)25-17(18)13-7-8-14(19)24-13/h3-8,10H,9H2,1-2H3,(H,20,21). The number of fused-ring (bicyclic) bond motifs is 1. The summed E-state index contributed by atoms with van der Waals surface area (Å²) in [4.78, 5) is 24.6. The molecular weight excluding hydrogens is 390 g/mol. The van der Waals surface area contributed by atoms with Crippen molar-refractivity contribution in [3.05, 3.63) is 51.3 Å². The molecule has 7 heteroatoms. The summed E-state index contributed by atoms with van der Waals surface area (Å²) in [6.07, 6.45) is 0. The van der Waals surface area contributed by atoms with E-state index in [1.807, 2.05) is 13.8 Å². The summed E-state index contributed by atoms with van der Waals surface area (Å²) in [5, 5.41) is 3.08. The molecule has 2 aromatic heterocycles. The summed E-state index contributed by atoms with van der Waals surface area (Å²) in [7, 11) is 0. The Morgan fingerprint density at radius 2 is 1.96 bits per heavy atom. The number of carbonyl (C=O) groups is 1. The molecule has 1 N–H and O–H groups in total. The predicted molar refractivity (Wildman–Crippen MR) is 96.7 cm³/mol. The van der Waals surface area contributed by atoms with Gasteiger partial charge in [0, 0.05) is 6.04 Å². The lowest BCUT2D eigenvalue weighted by atomic mass is 10.2. The lowest BCUT2D eigenvalue weighted by Crippen LogP contribution is -2.34. The highest BCUT2D eigenvalue weighted by Crippen LogP contribution is 2.33. The van der Waals surface area contributed by atoms with E-state index >= 15 is 0 Å². The second kappa shape index (κ2) is 7.14. The van der Waals surface area contributed by atoms with Gasteiger partial charge in [0.15, 0.2) is 17.0 Å². The van der Waals surface area contributed by atoms with Crippen molar-refractivity contribution in [2.75, 3.05) is 6.61 Å². The Labute approximate surface area is 151 Å². The number of furan rings is 1. The van der Waals surface area contributed by atoms with Gasteiger partial charge < -0.3 is 18.9 Å². The van der Waals surface area contributed by atoms with Crippen LogP contribution in [-0.4, -0.2) is 18.6 Å². The average molecular weight is 406 g/mol. The maximum absolute atomic E-state index is 12.8. The van der Waals surface area contributed by atoms with Crippen LogP contribution in [0.2, 0.25) is 0 Å². The number of benzene rings is 1. The van der Waals surface area contributed by atoms with Crippen molar-refractivity contribution in [2.24, 2.45) is 0 Å². The molecule has 2 heterocycles. The zero-order valence-electron chi connectivity index (χ0n) is 13.7. The van der Waals surface area contributed by atoms with Crippen molar-refractivity contribution in [1.29, 1.82) is 0 Å². The molecule has 6 nitrogen and oxygen atoms in total. The van der Waals surface area contributed by atoms with Gasteiger partial charge in [-0.1, -0.05) is 12.1 Å². The Hall–Kier alpha value is -2.54. The Balaban J connectivity index is 2.06. The molecule has 0 aliphatic carbocycles. The van der Waals surface area contributed by atoms with Crippen LogP contribution in [0.1, 0.15) is 13.8 Å². The predicted octanol–water partition coefficient (Wildman–Crippen LogP) is 3.72. The molecule has 0 bridgehead atoms. The number of halogens is 1. The monoisotopic (exact) mass is 405 g/mol. The maximum atomic E-state index is 12.8. The zero-order valence-corrected chi connectivity index (χ0v) is 15.3. The number of hydrogen-bond acceptors (Lipinski definition) is 5. The number of ether oxygens (including phenoxy) is 1. The van der Waals surface area contributed by atoms with E-state index in [-0.39, 0.29) is 35.5 Å². The van der Waals surface area contributed by atoms with Crippen molar-refractivity contribution in [3.8, 4) is 17.3 Å². The van der Waals surface area contributed by atoms with Crippen LogP contribution in [0.3, 0.4) is 0 Å². The van der Waals surface area contributed by atoms with E-state index < -0.39 is 0 Å². The Morgan fingerprint density at radius 1 is 1.20 bits per heavy atom. The second-order valence-electron chi connectivity index (χ2n) is 5.70. The molecule has 3 rings (SSSR count). The lowest BCUT2D eigenvalue weighted by Gasteiger charge is -2.11. The van der Waals surface area contributed by atoms with Crippen molar-refractivity contribution < 1.29 is 18.4 Å². The van der Waals surface area contributed by atoms with Crippen LogP contribution in [0.5, 0.6) is 5.75 Å². The first-order valence-electron chi connectivity index (χ1n) is 7.69. The van der Waals surface area contributed by atoms with E-state index in [0.29, 0.717) is 21.4 Å². The minimum absolute atomic E-state index is 0.0235. The van der Waals surface area contributed by atoms with Crippen molar-refractivity contribution >= 4 is 32.8 Å². The fourth-order valence-electron chi connectivity index (χ4n) is 2.36. The van der Waals surface area contributed by atoms with Gasteiger partial charge in [0.2, 0.25) is 16.9 Å². The Bertz CT molecular complexity index is 973. The molecule has 0 aliphatic heterocycles. The third kappa shape index (κ3) is 3.76. The summed E-state index contributed by atoms with van der Waals surface area (Å²) < 4.78 is 17.3. The van der Waals surface area contributed by atoms with Crippen molar-refractivity contribution in [1.82, 2.24) is 5.32 Å². The van der Waals surface area contributed by atoms with Gasteiger partial charge in [-0.15, -0.1) is 0 Å². The molecule has 25 heavy (non-hydrogen) atoms. The van der Waals surface area contributed by atoms with Gasteiger partial charge >= 0.3 is 0 Å². The molecule has 0 aliphatic rings. The van der Waals surface area contributed by atoms with Crippen LogP contribution in [0.4, 0.5) is 0 Å². The van der Waals surface area contributed by atoms with Gasteiger partial charge in [-0.2, -0.15) is 0 Å². The highest BCUT2D eigenvalue weighted by Gasteiger charge is 2.21. The molecule has 0 atom stereocenters. The van der Waals surface area contributed by atoms with Crippen LogP contribution in [0.25, 0.3) is 22.5 Å². The van der Waals surface area contributed by atoms with Crippen LogP contribution in [-0.2, 0) is 4.79 Å². The molecule has 0 saturated carbocycles. The van der Waals surface area contributed by atoms with Gasteiger partial charge in [0.1, 0.15) is 5.58 Å². The van der Waals surface area contributed by atoms with E-state index in [4.69, 9.17) is 13.6 Å². The quantitative estimate of drug-likeness (QED) is 0.699. The van der Waals surface area contributed by atoms with Gasteiger partial charge in [0.25, 0.3) is 5.91 Å². The largest absolute Gasteiger partial charge is 0.476 e. The normalized spacial score (nSPS) is 11.0. The summed E-state index contributed by atoms with van der Waals surface area (Å²) in [5.74, 6) is 0.0920. The minimum Gasteiger partial charge on any atom is -0.476 e. The summed E-state index contributed by atoms with van der Waals surface area (Å²) in [6, 6.07) is 10.1. The number of nitrogens with one attached hydrogen (secondary N) is 1. The third-order valence-electron chi connectivity index (χ3n) is 3.35. The average Bonchev–Trinajstić information content (AvgIpc) is 2.99. The molecule has 0 radical (unpaired) electrons. The van der Waals surface area contributed by atoms with E-state index in [1.165, 1.54) is 0 Å². The van der Waals surface area contributed by atoms with E-state index in [2.05, 4.69) is 21.2 Å². The minimum atomic E-state index is -0.360. The smallest absolute Gasteiger partial charge is 0.258 e. The first-order chi connectivity index (χ1) is 12.0. The summed E-state index contributed by atoms with van der Waals surface area (Å²) in [6.45, 7) is 3.39. The molecule has 0 spiro atoms. The molecular formula is C18H16BrNO5. The van der Waals surface area contributed by atoms with E-state index in [1.54, 1.807) is 36.4 Å². The number of amides is 1. The molecule has 0 fully saturated rings. The molecule has 1 amide bonds.